The van der Waals surface area contributed by atoms with Crippen LogP contribution in [0, 0.1) is 0 Å². The number of amides is 2. The molecule has 2 aromatic rings. The molecule has 0 aliphatic carbocycles. The van der Waals surface area contributed by atoms with E-state index in [4.69, 9.17) is 22.1 Å². The van der Waals surface area contributed by atoms with E-state index in [1.807, 2.05) is 30.3 Å². The quantitative estimate of drug-likeness (QED) is 0.845. The Morgan fingerprint density at radius 3 is 2.30 bits per heavy atom. The molecule has 2 aromatic carbocycles. The van der Waals surface area contributed by atoms with E-state index in [1.165, 1.54) is 4.90 Å². The number of halogens is 1. The predicted molar refractivity (Wildman–Crippen MR) is 88.0 cm³/mol. The Hall–Kier alpha value is -2.53. The van der Waals surface area contributed by atoms with E-state index in [9.17, 15) is 9.59 Å². The lowest BCUT2D eigenvalue weighted by molar-refractivity contribution is -0.137. The summed E-state index contributed by atoms with van der Waals surface area (Å²) < 4.78 is 5.42. The third kappa shape index (κ3) is 5.64. The Morgan fingerprint density at radius 1 is 1.04 bits per heavy atom. The van der Waals surface area contributed by atoms with Gasteiger partial charge in [-0.05, 0) is 29.8 Å². The molecule has 0 heterocycles. The Balaban J connectivity index is 1.98. The normalized spacial score (nSPS) is 10.1. The van der Waals surface area contributed by atoms with Crippen LogP contribution in [0.25, 0.3) is 0 Å². The number of ether oxygens (including phenoxy) is 1. The van der Waals surface area contributed by atoms with Crippen molar-refractivity contribution in [3.63, 3.8) is 0 Å². The molecule has 2 amide bonds. The summed E-state index contributed by atoms with van der Waals surface area (Å²) in [5.74, 6) is -0.357. The van der Waals surface area contributed by atoms with Crippen molar-refractivity contribution in [2.75, 3.05) is 13.2 Å². The number of nitrogens with two attached hydrogens (primary N) is 1. The van der Waals surface area contributed by atoms with Gasteiger partial charge < -0.3 is 15.4 Å². The van der Waals surface area contributed by atoms with Crippen molar-refractivity contribution in [1.29, 1.82) is 0 Å². The maximum atomic E-state index is 12.3. The number of nitrogens with zero attached hydrogens (tertiary/aromatic N) is 1. The molecule has 0 saturated carbocycles. The fourth-order valence-corrected chi connectivity index (χ4v) is 2.12. The molecule has 5 nitrogen and oxygen atoms in total. The van der Waals surface area contributed by atoms with Gasteiger partial charge >= 0.3 is 0 Å². The number of carbonyl (C=O) groups excluding carboxylic acids is 2. The van der Waals surface area contributed by atoms with Gasteiger partial charge in [0, 0.05) is 11.6 Å². The van der Waals surface area contributed by atoms with Crippen LogP contribution in [-0.2, 0) is 16.1 Å². The summed E-state index contributed by atoms with van der Waals surface area (Å²) >= 11 is 5.79. The molecular formula is C17H17ClN2O3. The average molecular weight is 333 g/mol. The van der Waals surface area contributed by atoms with Gasteiger partial charge in [-0.25, -0.2) is 0 Å². The molecule has 0 aliphatic rings. The van der Waals surface area contributed by atoms with Crippen LogP contribution in [0.15, 0.2) is 54.6 Å². The van der Waals surface area contributed by atoms with Crippen LogP contribution in [-0.4, -0.2) is 29.9 Å². The highest BCUT2D eigenvalue weighted by Crippen LogP contribution is 2.15. The first kappa shape index (κ1) is 16.8. The maximum absolute atomic E-state index is 12.3. The zero-order chi connectivity index (χ0) is 16.7. The van der Waals surface area contributed by atoms with Crippen molar-refractivity contribution < 1.29 is 14.3 Å². The molecule has 2 N–H and O–H groups in total. The van der Waals surface area contributed by atoms with Crippen LogP contribution in [0.4, 0.5) is 0 Å². The van der Waals surface area contributed by atoms with E-state index in [-0.39, 0.29) is 19.1 Å². The third-order valence-electron chi connectivity index (χ3n) is 3.09. The van der Waals surface area contributed by atoms with Gasteiger partial charge in [0.05, 0.1) is 6.54 Å². The number of hydrogen-bond acceptors (Lipinski definition) is 3. The zero-order valence-electron chi connectivity index (χ0n) is 12.4. The lowest BCUT2D eigenvalue weighted by Gasteiger charge is -2.21. The summed E-state index contributed by atoms with van der Waals surface area (Å²) in [4.78, 5) is 24.8. The van der Waals surface area contributed by atoms with Crippen LogP contribution >= 0.6 is 11.6 Å². The van der Waals surface area contributed by atoms with Crippen LogP contribution in [0.3, 0.4) is 0 Å². The molecule has 2 rings (SSSR count). The lowest BCUT2D eigenvalue weighted by Crippen LogP contribution is -2.40. The molecule has 6 heteroatoms. The highest BCUT2D eigenvalue weighted by molar-refractivity contribution is 6.30. The van der Waals surface area contributed by atoms with Crippen molar-refractivity contribution in [2.24, 2.45) is 5.73 Å². The van der Waals surface area contributed by atoms with E-state index in [2.05, 4.69) is 0 Å². The van der Waals surface area contributed by atoms with Gasteiger partial charge in [0.15, 0.2) is 6.61 Å². The molecule has 23 heavy (non-hydrogen) atoms. The van der Waals surface area contributed by atoms with E-state index in [0.29, 0.717) is 17.3 Å². The van der Waals surface area contributed by atoms with Crippen molar-refractivity contribution in [3.8, 4) is 5.75 Å². The molecule has 120 valence electrons. The number of carbonyl (C=O) groups is 2. The Labute approximate surface area is 139 Å². The van der Waals surface area contributed by atoms with Gasteiger partial charge in [-0.2, -0.15) is 0 Å². The Morgan fingerprint density at radius 2 is 1.70 bits per heavy atom. The number of hydrogen-bond donors (Lipinski definition) is 1. The fraction of sp³-hybridized carbons (Fsp3) is 0.176. The topological polar surface area (TPSA) is 72.6 Å². The summed E-state index contributed by atoms with van der Waals surface area (Å²) in [5.41, 5.74) is 6.13. The molecule has 0 radical (unpaired) electrons. The molecule has 0 unspecified atom stereocenters. The molecular weight excluding hydrogens is 316 g/mol. The number of rotatable bonds is 7. The first-order chi connectivity index (χ1) is 11.0. The molecule has 0 spiro atoms. The second kappa shape index (κ2) is 8.19. The number of primary amides is 1. The second-order valence-electron chi connectivity index (χ2n) is 4.94. The Kier molecular flexibility index (Phi) is 6.00. The summed E-state index contributed by atoms with van der Waals surface area (Å²) in [7, 11) is 0. The standard InChI is InChI=1S/C17H17ClN2O3/c18-14-6-8-15(9-7-14)23-12-17(22)20(11-16(19)21)10-13-4-2-1-3-5-13/h1-9H,10-12H2,(H2,19,21). The highest BCUT2D eigenvalue weighted by atomic mass is 35.5. The van der Waals surface area contributed by atoms with Gasteiger partial charge in [-0.15, -0.1) is 0 Å². The van der Waals surface area contributed by atoms with Gasteiger partial charge in [0.25, 0.3) is 5.91 Å². The minimum Gasteiger partial charge on any atom is -0.484 e. The molecule has 0 bridgehead atoms. The summed E-state index contributed by atoms with van der Waals surface area (Å²) in [6, 6.07) is 16.1. The smallest absolute Gasteiger partial charge is 0.261 e. The van der Waals surface area contributed by atoms with Crippen LogP contribution in [0.2, 0.25) is 5.02 Å². The van der Waals surface area contributed by atoms with Gasteiger partial charge in [0.1, 0.15) is 5.75 Å². The van der Waals surface area contributed by atoms with Crippen LogP contribution in [0.5, 0.6) is 5.75 Å². The average Bonchev–Trinajstić information content (AvgIpc) is 2.54. The molecule has 0 aromatic heterocycles. The van der Waals surface area contributed by atoms with Crippen molar-refractivity contribution in [3.05, 3.63) is 65.2 Å². The summed E-state index contributed by atoms with van der Waals surface area (Å²) in [6.07, 6.45) is 0. The van der Waals surface area contributed by atoms with Crippen molar-refractivity contribution in [1.82, 2.24) is 4.90 Å². The van der Waals surface area contributed by atoms with E-state index in [0.717, 1.165) is 5.56 Å². The number of benzene rings is 2. The van der Waals surface area contributed by atoms with Crippen LogP contribution < -0.4 is 10.5 Å². The highest BCUT2D eigenvalue weighted by Gasteiger charge is 2.17. The first-order valence-corrected chi connectivity index (χ1v) is 7.41. The first-order valence-electron chi connectivity index (χ1n) is 7.03. The largest absolute Gasteiger partial charge is 0.484 e. The summed E-state index contributed by atoms with van der Waals surface area (Å²) in [6.45, 7) is -0.0357. The molecule has 0 saturated heterocycles. The molecule has 0 fully saturated rings. The monoisotopic (exact) mass is 332 g/mol. The SMILES string of the molecule is NC(=O)CN(Cc1ccccc1)C(=O)COc1ccc(Cl)cc1. The van der Waals surface area contributed by atoms with E-state index >= 15 is 0 Å². The van der Waals surface area contributed by atoms with Crippen molar-refractivity contribution >= 4 is 23.4 Å². The Bertz CT molecular complexity index is 659. The van der Waals surface area contributed by atoms with Crippen molar-refractivity contribution in [2.45, 2.75) is 6.54 Å². The van der Waals surface area contributed by atoms with Gasteiger partial charge in [0.2, 0.25) is 5.91 Å². The maximum Gasteiger partial charge on any atom is 0.261 e. The minimum atomic E-state index is -0.569. The lowest BCUT2D eigenvalue weighted by atomic mass is 10.2. The van der Waals surface area contributed by atoms with Gasteiger partial charge in [-0.1, -0.05) is 41.9 Å². The van der Waals surface area contributed by atoms with Crippen LogP contribution in [0.1, 0.15) is 5.56 Å². The van der Waals surface area contributed by atoms with E-state index < -0.39 is 5.91 Å². The minimum absolute atomic E-state index is 0.155. The third-order valence-corrected chi connectivity index (χ3v) is 3.34. The molecule has 0 aliphatic heterocycles. The predicted octanol–water partition coefficient (Wildman–Crippen LogP) is 2.23. The van der Waals surface area contributed by atoms with Gasteiger partial charge in [-0.3, -0.25) is 9.59 Å². The zero-order valence-corrected chi connectivity index (χ0v) is 13.2. The second-order valence-corrected chi connectivity index (χ2v) is 5.38. The molecule has 0 atom stereocenters. The van der Waals surface area contributed by atoms with E-state index in [1.54, 1.807) is 24.3 Å². The fourth-order valence-electron chi connectivity index (χ4n) is 1.99. The summed E-state index contributed by atoms with van der Waals surface area (Å²) in [5, 5.41) is 0.586.